The third-order valence-corrected chi connectivity index (χ3v) is 1.95. The second kappa shape index (κ2) is 6.81. The molecule has 86 valence electrons. The molecule has 0 amide bonds. The summed E-state index contributed by atoms with van der Waals surface area (Å²) in [6.45, 7) is 5.63. The lowest BCUT2D eigenvalue weighted by Crippen LogP contribution is -2.07. The predicted octanol–water partition coefficient (Wildman–Crippen LogP) is 2.73. The molecule has 0 spiro atoms. The Bertz CT molecular complexity index is 425. The van der Waals surface area contributed by atoms with Gasteiger partial charge < -0.3 is 4.74 Å². The number of nitriles is 1. The minimum Gasteiger partial charge on any atom is -0.464 e. The number of ether oxygens (including phenoxy) is 1. The Hall–Kier alpha value is -1.60. The number of rotatable bonds is 1. The maximum absolute atomic E-state index is 11.1. The molecule has 1 aromatic heterocycles. The first-order chi connectivity index (χ1) is 7.60. The van der Waals surface area contributed by atoms with E-state index in [-0.39, 0.29) is 10.7 Å². The van der Waals surface area contributed by atoms with Crippen LogP contribution in [0.1, 0.15) is 35.6 Å². The molecule has 0 saturated heterocycles. The van der Waals surface area contributed by atoms with Crippen molar-refractivity contribution in [2.45, 2.75) is 20.8 Å². The average Bonchev–Trinajstić information content (AvgIpc) is 2.33. The number of carbonyl (C=O) groups is 1. The fraction of sp³-hybridized carbons (Fsp3) is 0.364. The van der Waals surface area contributed by atoms with Gasteiger partial charge in [-0.3, -0.25) is 0 Å². The van der Waals surface area contributed by atoms with E-state index in [4.69, 9.17) is 16.9 Å². The van der Waals surface area contributed by atoms with E-state index in [0.29, 0.717) is 11.3 Å². The Morgan fingerprint density at radius 1 is 1.56 bits per heavy atom. The molecule has 5 heteroatoms. The van der Waals surface area contributed by atoms with E-state index in [1.54, 1.807) is 6.92 Å². The van der Waals surface area contributed by atoms with Crippen LogP contribution in [0.25, 0.3) is 0 Å². The highest BCUT2D eigenvalue weighted by Gasteiger charge is 2.14. The molecule has 0 aliphatic carbocycles. The van der Waals surface area contributed by atoms with Gasteiger partial charge in [0, 0.05) is 0 Å². The number of pyridine rings is 1. The van der Waals surface area contributed by atoms with E-state index < -0.39 is 5.97 Å². The summed E-state index contributed by atoms with van der Waals surface area (Å²) in [6, 6.07) is 3.32. The minimum absolute atomic E-state index is 0.0330. The maximum atomic E-state index is 11.1. The van der Waals surface area contributed by atoms with Gasteiger partial charge in [-0.1, -0.05) is 25.4 Å². The zero-order valence-corrected chi connectivity index (χ0v) is 10.4. The van der Waals surface area contributed by atoms with Gasteiger partial charge in [0.2, 0.25) is 0 Å². The van der Waals surface area contributed by atoms with Gasteiger partial charge in [-0.05, 0) is 13.0 Å². The van der Waals surface area contributed by atoms with E-state index in [1.165, 1.54) is 13.2 Å². The molecule has 0 bridgehead atoms. The van der Waals surface area contributed by atoms with Crippen LogP contribution >= 0.6 is 11.6 Å². The first kappa shape index (κ1) is 14.4. The average molecular weight is 241 g/mol. The standard InChI is InChI=1S/C9H7ClN2O2.C2H6/c1-5-6(4-11)3-7(10)8(12-5)9(13)14-2;1-2/h3H,1-2H3;1-2H3. The zero-order valence-electron chi connectivity index (χ0n) is 9.67. The normalized spacial score (nSPS) is 8.50. The molecule has 16 heavy (non-hydrogen) atoms. The van der Waals surface area contributed by atoms with Crippen LogP contribution in [0.4, 0.5) is 0 Å². The molecule has 0 unspecified atom stereocenters. The fourth-order valence-electron chi connectivity index (χ4n) is 0.934. The highest BCUT2D eigenvalue weighted by molar-refractivity contribution is 6.33. The molecule has 1 rings (SSSR count). The van der Waals surface area contributed by atoms with E-state index in [1.807, 2.05) is 19.9 Å². The Morgan fingerprint density at radius 3 is 2.56 bits per heavy atom. The molecule has 0 N–H and O–H groups in total. The second-order valence-corrected chi connectivity index (χ2v) is 2.96. The van der Waals surface area contributed by atoms with Gasteiger partial charge in [0.15, 0.2) is 5.69 Å². The van der Waals surface area contributed by atoms with Crippen molar-refractivity contribution in [2.75, 3.05) is 7.11 Å². The van der Waals surface area contributed by atoms with Crippen molar-refractivity contribution in [2.24, 2.45) is 0 Å². The molecule has 1 heterocycles. The van der Waals surface area contributed by atoms with Gasteiger partial charge in [0.1, 0.15) is 6.07 Å². The van der Waals surface area contributed by atoms with Crippen molar-refractivity contribution in [3.63, 3.8) is 0 Å². The number of aromatic nitrogens is 1. The summed E-state index contributed by atoms with van der Waals surface area (Å²) in [5.74, 6) is -0.609. The minimum atomic E-state index is -0.609. The monoisotopic (exact) mass is 240 g/mol. The Morgan fingerprint density at radius 2 is 2.12 bits per heavy atom. The topological polar surface area (TPSA) is 63.0 Å². The van der Waals surface area contributed by atoms with Crippen molar-refractivity contribution in [3.05, 3.63) is 28.0 Å². The summed E-state index contributed by atoms with van der Waals surface area (Å²) in [5.41, 5.74) is 0.839. The van der Waals surface area contributed by atoms with Gasteiger partial charge >= 0.3 is 5.97 Å². The van der Waals surface area contributed by atoms with Crippen LogP contribution in [0.5, 0.6) is 0 Å². The molecule has 0 aliphatic rings. The lowest BCUT2D eigenvalue weighted by Gasteiger charge is -2.03. The number of aryl methyl sites for hydroxylation is 1. The number of esters is 1. The lowest BCUT2D eigenvalue weighted by atomic mass is 10.2. The molecular formula is C11H13ClN2O2. The first-order valence-electron chi connectivity index (χ1n) is 4.75. The van der Waals surface area contributed by atoms with Gasteiger partial charge in [-0.15, -0.1) is 0 Å². The van der Waals surface area contributed by atoms with Gasteiger partial charge in [0.25, 0.3) is 0 Å². The molecule has 0 atom stereocenters. The summed E-state index contributed by atoms with van der Waals surface area (Å²) in [7, 11) is 1.24. The van der Waals surface area contributed by atoms with Crippen LogP contribution in [0.3, 0.4) is 0 Å². The molecule has 0 saturated carbocycles. The Kier molecular flexibility index (Phi) is 6.12. The number of hydrogen-bond donors (Lipinski definition) is 0. The Labute approximate surface area is 99.8 Å². The largest absolute Gasteiger partial charge is 0.464 e. The van der Waals surface area contributed by atoms with Crippen molar-refractivity contribution in [1.82, 2.24) is 4.98 Å². The maximum Gasteiger partial charge on any atom is 0.358 e. The Balaban J connectivity index is 0.00000106. The number of nitrogens with zero attached hydrogens (tertiary/aromatic N) is 2. The quantitative estimate of drug-likeness (QED) is 0.708. The lowest BCUT2D eigenvalue weighted by molar-refractivity contribution is 0.0594. The van der Waals surface area contributed by atoms with Crippen molar-refractivity contribution >= 4 is 17.6 Å². The number of methoxy groups -OCH3 is 1. The second-order valence-electron chi connectivity index (χ2n) is 2.56. The summed E-state index contributed by atoms with van der Waals surface area (Å²) >= 11 is 5.74. The molecule has 4 nitrogen and oxygen atoms in total. The van der Waals surface area contributed by atoms with Crippen LogP contribution in [0, 0.1) is 18.3 Å². The van der Waals surface area contributed by atoms with Gasteiger partial charge in [-0.25, -0.2) is 9.78 Å². The number of carbonyl (C=O) groups excluding carboxylic acids is 1. The summed E-state index contributed by atoms with van der Waals surface area (Å²) in [5, 5.41) is 8.79. The summed E-state index contributed by atoms with van der Waals surface area (Å²) < 4.78 is 4.48. The third-order valence-electron chi connectivity index (χ3n) is 1.67. The fourth-order valence-corrected chi connectivity index (χ4v) is 1.16. The smallest absolute Gasteiger partial charge is 0.358 e. The van der Waals surface area contributed by atoms with Crippen LogP contribution in [-0.4, -0.2) is 18.1 Å². The van der Waals surface area contributed by atoms with E-state index in [0.717, 1.165) is 0 Å². The zero-order chi connectivity index (χ0) is 12.7. The van der Waals surface area contributed by atoms with Crippen LogP contribution in [0.15, 0.2) is 6.07 Å². The molecular weight excluding hydrogens is 228 g/mol. The molecule has 0 aliphatic heterocycles. The number of hydrogen-bond acceptors (Lipinski definition) is 4. The highest BCUT2D eigenvalue weighted by atomic mass is 35.5. The molecule has 0 aromatic carbocycles. The van der Waals surface area contributed by atoms with E-state index in [9.17, 15) is 4.79 Å². The van der Waals surface area contributed by atoms with Crippen molar-refractivity contribution in [3.8, 4) is 6.07 Å². The predicted molar refractivity (Wildman–Crippen MR) is 61.4 cm³/mol. The molecule has 1 aromatic rings. The van der Waals surface area contributed by atoms with Crippen molar-refractivity contribution < 1.29 is 9.53 Å². The van der Waals surface area contributed by atoms with Gasteiger partial charge in [-0.2, -0.15) is 5.26 Å². The number of halogens is 1. The molecule has 0 fully saturated rings. The van der Waals surface area contributed by atoms with Crippen molar-refractivity contribution in [1.29, 1.82) is 5.26 Å². The summed E-state index contributed by atoms with van der Waals surface area (Å²) in [4.78, 5) is 15.0. The van der Waals surface area contributed by atoms with Crippen LogP contribution < -0.4 is 0 Å². The molecule has 0 radical (unpaired) electrons. The SMILES string of the molecule is CC.COC(=O)c1nc(C)c(C#N)cc1Cl. The third kappa shape index (κ3) is 3.21. The summed E-state index contributed by atoms with van der Waals surface area (Å²) in [6.07, 6.45) is 0. The van der Waals surface area contributed by atoms with Gasteiger partial charge in [0.05, 0.1) is 23.4 Å². The van der Waals surface area contributed by atoms with E-state index in [2.05, 4.69) is 9.72 Å². The van der Waals surface area contributed by atoms with Crippen LogP contribution in [0.2, 0.25) is 5.02 Å². The highest BCUT2D eigenvalue weighted by Crippen LogP contribution is 2.18. The van der Waals surface area contributed by atoms with E-state index >= 15 is 0 Å². The first-order valence-corrected chi connectivity index (χ1v) is 5.13. The van der Waals surface area contributed by atoms with Crippen LogP contribution in [-0.2, 0) is 4.74 Å².